The third-order valence-electron chi connectivity index (χ3n) is 5.61. The van der Waals surface area contributed by atoms with Gasteiger partial charge in [0.15, 0.2) is 5.78 Å². The van der Waals surface area contributed by atoms with Crippen molar-refractivity contribution in [2.75, 3.05) is 12.1 Å². The molecule has 0 radical (unpaired) electrons. The van der Waals surface area contributed by atoms with Crippen molar-refractivity contribution in [1.29, 1.82) is 0 Å². The number of esters is 1. The number of Topliss-reactive ketones (excluding diaryl/α,β-unsaturated/α-hetero) is 1. The number of halogens is 2. The first-order valence-electron chi connectivity index (χ1n) is 11.2. The minimum absolute atomic E-state index is 0.00653. The molecule has 2 unspecified atom stereocenters. The third kappa shape index (κ3) is 6.76. The highest BCUT2D eigenvalue weighted by Crippen LogP contribution is 2.47. The monoisotopic (exact) mass is 550 g/mol. The van der Waals surface area contributed by atoms with Crippen LogP contribution < -0.4 is 21.1 Å². The molecule has 1 heterocycles. The second-order valence-corrected chi connectivity index (χ2v) is 9.43. The molecule has 0 saturated heterocycles. The van der Waals surface area contributed by atoms with Crippen LogP contribution in [0.4, 0.5) is 15.0 Å². The smallest absolute Gasteiger partial charge is 0.326 e. The minimum Gasteiger partial charge on any atom is -0.456 e. The summed E-state index contributed by atoms with van der Waals surface area (Å²) >= 11 is 3.27. The van der Waals surface area contributed by atoms with Crippen molar-refractivity contribution >= 4 is 39.5 Å². The van der Waals surface area contributed by atoms with E-state index >= 15 is 0 Å². The Morgan fingerprint density at radius 1 is 1.26 bits per heavy atom. The fraction of sp³-hybridized carbons (Fsp3) is 0.417. The van der Waals surface area contributed by atoms with Crippen LogP contribution in [0.1, 0.15) is 55.5 Å². The summed E-state index contributed by atoms with van der Waals surface area (Å²) in [5.74, 6) is -1.70. The molecule has 0 aliphatic heterocycles. The summed E-state index contributed by atoms with van der Waals surface area (Å²) in [6, 6.07) is 4.20. The maximum Gasteiger partial charge on any atom is 0.326 e. The number of anilines is 1. The summed E-state index contributed by atoms with van der Waals surface area (Å²) < 4.78 is 26.4. The predicted octanol–water partition coefficient (Wildman–Crippen LogP) is 4.12. The summed E-state index contributed by atoms with van der Waals surface area (Å²) in [6.45, 7) is 4.70. The Morgan fingerprint density at radius 3 is 2.63 bits per heavy atom. The molecule has 1 aliphatic carbocycles. The fourth-order valence-electron chi connectivity index (χ4n) is 3.45. The van der Waals surface area contributed by atoms with Gasteiger partial charge < -0.3 is 20.5 Å². The van der Waals surface area contributed by atoms with Crippen LogP contribution in [0.3, 0.4) is 0 Å². The zero-order chi connectivity index (χ0) is 25.7. The molecule has 2 amide bonds. The van der Waals surface area contributed by atoms with Gasteiger partial charge in [-0.2, -0.15) is 0 Å². The molecular weight excluding hydrogens is 523 g/mol. The lowest BCUT2D eigenvalue weighted by atomic mass is 10.00. The normalized spacial score (nSPS) is 17.5. The Hall–Kier alpha value is -3.05. The van der Waals surface area contributed by atoms with E-state index in [1.54, 1.807) is 39.1 Å². The summed E-state index contributed by atoms with van der Waals surface area (Å²) in [7, 11) is 0. The molecule has 0 spiro atoms. The summed E-state index contributed by atoms with van der Waals surface area (Å²) in [5, 5.41) is 5.39. The van der Waals surface area contributed by atoms with Gasteiger partial charge in [0.2, 0.25) is 6.79 Å². The Kier molecular flexibility index (Phi) is 8.79. The van der Waals surface area contributed by atoms with Crippen LogP contribution >= 0.6 is 15.9 Å². The van der Waals surface area contributed by atoms with Crippen molar-refractivity contribution in [1.82, 2.24) is 10.3 Å². The first kappa shape index (κ1) is 26.6. The molecule has 1 aliphatic rings. The lowest BCUT2D eigenvalue weighted by molar-refractivity contribution is -0.152. The third-order valence-corrected chi connectivity index (χ3v) is 6.08. The van der Waals surface area contributed by atoms with E-state index in [4.69, 9.17) is 15.2 Å². The predicted molar refractivity (Wildman–Crippen MR) is 131 cm³/mol. The van der Waals surface area contributed by atoms with E-state index in [1.165, 1.54) is 12.1 Å². The molecule has 1 fully saturated rings. The number of aromatic nitrogens is 1. The maximum absolute atomic E-state index is 14.9. The quantitative estimate of drug-likeness (QED) is 0.230. The number of urea groups is 1. The zero-order valence-corrected chi connectivity index (χ0v) is 21.2. The number of hydrogen-bond donors (Lipinski definition) is 3. The SMILES string of the molecule is CCC(=O)c1ccc(F)c(C2CC2NC(=O)Nc2ccc(Br)cn2)c1OCOC(=O)[C@@H](N)C(C)C. The van der Waals surface area contributed by atoms with Gasteiger partial charge in [0.25, 0.3) is 0 Å². The molecule has 1 aromatic carbocycles. The Bertz CT molecular complexity index is 1100. The van der Waals surface area contributed by atoms with Gasteiger partial charge in [-0.1, -0.05) is 20.8 Å². The van der Waals surface area contributed by atoms with Gasteiger partial charge in [0, 0.05) is 34.6 Å². The first-order valence-corrected chi connectivity index (χ1v) is 12.0. The average molecular weight is 551 g/mol. The standard InChI is InChI=1S/C24H28BrFN4O5/c1-4-18(31)14-6-7-16(26)20(22(14)34-11-35-23(32)21(27)12(2)3)15-9-17(15)29-24(33)30-19-8-5-13(25)10-28-19/h5-8,10,12,15,17,21H,4,9,11,27H2,1-3H3,(H2,28,29,30,33)/t15?,17?,21-/m0/s1. The number of carbonyl (C=O) groups is 3. The second kappa shape index (κ2) is 11.6. The number of nitrogens with two attached hydrogens (primary N) is 1. The Morgan fingerprint density at radius 2 is 2.00 bits per heavy atom. The number of amides is 2. The molecular formula is C24H28BrFN4O5. The van der Waals surface area contributed by atoms with E-state index in [2.05, 4.69) is 31.5 Å². The van der Waals surface area contributed by atoms with Crippen LogP contribution in [-0.2, 0) is 9.53 Å². The van der Waals surface area contributed by atoms with E-state index in [9.17, 15) is 18.8 Å². The highest BCUT2D eigenvalue weighted by molar-refractivity contribution is 9.10. The lowest BCUT2D eigenvalue weighted by Crippen LogP contribution is -2.37. The maximum atomic E-state index is 14.9. The fourth-order valence-corrected chi connectivity index (χ4v) is 3.68. The minimum atomic E-state index is -0.835. The average Bonchev–Trinajstić information content (AvgIpc) is 3.57. The molecule has 11 heteroatoms. The number of benzene rings is 1. The number of rotatable bonds is 10. The van der Waals surface area contributed by atoms with Gasteiger partial charge in [-0.15, -0.1) is 0 Å². The molecule has 1 aromatic heterocycles. The number of hydrogen-bond acceptors (Lipinski definition) is 7. The molecule has 0 bridgehead atoms. The number of ketones is 1. The van der Waals surface area contributed by atoms with Crippen molar-refractivity contribution < 1.29 is 28.2 Å². The highest BCUT2D eigenvalue weighted by Gasteiger charge is 2.44. The Balaban J connectivity index is 1.73. The second-order valence-electron chi connectivity index (χ2n) is 8.52. The summed E-state index contributed by atoms with van der Waals surface area (Å²) in [6.07, 6.45) is 2.16. The molecule has 3 rings (SSSR count). The van der Waals surface area contributed by atoms with E-state index in [0.717, 1.165) is 4.47 Å². The highest BCUT2D eigenvalue weighted by atomic mass is 79.9. The van der Waals surface area contributed by atoms with Crippen LogP contribution in [0.2, 0.25) is 0 Å². The first-order chi connectivity index (χ1) is 16.6. The molecule has 2 aromatic rings. The van der Waals surface area contributed by atoms with Crippen LogP contribution in [0.5, 0.6) is 5.75 Å². The van der Waals surface area contributed by atoms with Crippen LogP contribution in [-0.4, -0.2) is 41.6 Å². The van der Waals surface area contributed by atoms with Crippen molar-refractivity contribution in [3.8, 4) is 5.75 Å². The Labute approximate surface area is 211 Å². The summed E-state index contributed by atoms with van der Waals surface area (Å²) in [4.78, 5) is 41.0. The topological polar surface area (TPSA) is 133 Å². The van der Waals surface area contributed by atoms with Crippen LogP contribution in [0, 0.1) is 11.7 Å². The summed E-state index contributed by atoms with van der Waals surface area (Å²) in [5.41, 5.74) is 6.12. The van der Waals surface area contributed by atoms with Gasteiger partial charge in [-0.25, -0.2) is 14.2 Å². The van der Waals surface area contributed by atoms with Crippen molar-refractivity contribution in [3.05, 3.63) is 51.9 Å². The van der Waals surface area contributed by atoms with Crippen LogP contribution in [0.15, 0.2) is 34.9 Å². The van der Waals surface area contributed by atoms with Crippen LogP contribution in [0.25, 0.3) is 0 Å². The van der Waals surface area contributed by atoms with Gasteiger partial charge in [-0.05, 0) is 52.5 Å². The molecule has 1 saturated carbocycles. The van der Waals surface area contributed by atoms with E-state index in [-0.39, 0.29) is 41.0 Å². The largest absolute Gasteiger partial charge is 0.456 e. The zero-order valence-electron chi connectivity index (χ0n) is 19.6. The van der Waals surface area contributed by atoms with Crippen molar-refractivity contribution in [2.24, 2.45) is 11.7 Å². The number of pyridine rings is 1. The van der Waals surface area contributed by atoms with Gasteiger partial charge >= 0.3 is 12.0 Å². The van der Waals surface area contributed by atoms with Crippen molar-refractivity contribution in [3.63, 3.8) is 0 Å². The number of ether oxygens (including phenoxy) is 2. The van der Waals surface area contributed by atoms with Gasteiger partial charge in [0.05, 0.1) is 5.56 Å². The molecule has 188 valence electrons. The lowest BCUT2D eigenvalue weighted by Gasteiger charge is -2.18. The molecule has 9 nitrogen and oxygen atoms in total. The van der Waals surface area contributed by atoms with E-state index in [0.29, 0.717) is 12.2 Å². The molecule has 3 atom stereocenters. The number of nitrogens with zero attached hydrogens (tertiary/aromatic N) is 1. The molecule has 35 heavy (non-hydrogen) atoms. The van der Waals surface area contributed by atoms with Gasteiger partial charge in [-0.3, -0.25) is 14.9 Å². The number of carbonyl (C=O) groups excluding carboxylic acids is 3. The molecule has 4 N–H and O–H groups in total. The number of nitrogens with one attached hydrogen (secondary N) is 2. The van der Waals surface area contributed by atoms with Gasteiger partial charge in [0.1, 0.15) is 23.4 Å². The van der Waals surface area contributed by atoms with E-state index < -0.39 is 36.6 Å². The van der Waals surface area contributed by atoms with Crippen molar-refractivity contribution in [2.45, 2.75) is 51.6 Å². The van der Waals surface area contributed by atoms with E-state index in [1.807, 2.05) is 0 Å².